The van der Waals surface area contributed by atoms with E-state index >= 15 is 0 Å². The lowest BCUT2D eigenvalue weighted by atomic mass is 9.99. The third kappa shape index (κ3) is 5.55. The van der Waals surface area contributed by atoms with Gasteiger partial charge in [0, 0.05) is 18.6 Å². The zero-order valence-corrected chi connectivity index (χ0v) is 12.6. The minimum Gasteiger partial charge on any atom is -0.466 e. The van der Waals surface area contributed by atoms with E-state index in [4.69, 9.17) is 9.84 Å². The number of ether oxygens (including phenoxy) is 1. The van der Waals surface area contributed by atoms with Crippen LogP contribution in [0.25, 0.3) is 0 Å². The highest BCUT2D eigenvalue weighted by molar-refractivity contribution is 5.97. The Bertz CT molecular complexity index is 482. The number of aliphatic hydroxyl groups is 3. The summed E-state index contributed by atoms with van der Waals surface area (Å²) in [5.74, 6) is -0.597. The van der Waals surface area contributed by atoms with E-state index in [1.54, 1.807) is 19.1 Å². The van der Waals surface area contributed by atoms with E-state index in [1.165, 1.54) is 12.1 Å². The van der Waals surface area contributed by atoms with Crippen LogP contribution in [0.15, 0.2) is 24.3 Å². The van der Waals surface area contributed by atoms with Crippen LogP contribution in [0.2, 0.25) is 0 Å². The number of carbonyl (C=O) groups excluding carboxylic acids is 2. The van der Waals surface area contributed by atoms with Crippen molar-refractivity contribution in [2.75, 3.05) is 13.2 Å². The van der Waals surface area contributed by atoms with Crippen molar-refractivity contribution in [3.63, 3.8) is 0 Å². The smallest absolute Gasteiger partial charge is 0.306 e. The van der Waals surface area contributed by atoms with Gasteiger partial charge in [-0.05, 0) is 18.9 Å². The molecule has 0 aliphatic heterocycles. The first kappa shape index (κ1) is 18.3. The predicted octanol–water partition coefficient (Wildman–Crippen LogP) is 0.989. The summed E-state index contributed by atoms with van der Waals surface area (Å²) in [5, 5.41) is 28.2. The van der Waals surface area contributed by atoms with E-state index in [0.717, 1.165) is 0 Å². The Morgan fingerprint density at radius 1 is 1.14 bits per heavy atom. The van der Waals surface area contributed by atoms with Gasteiger partial charge in [0.15, 0.2) is 5.78 Å². The zero-order valence-electron chi connectivity index (χ0n) is 12.6. The van der Waals surface area contributed by atoms with Crippen LogP contribution in [-0.2, 0) is 9.53 Å². The Balaban J connectivity index is 2.60. The van der Waals surface area contributed by atoms with Crippen molar-refractivity contribution >= 4 is 11.8 Å². The molecule has 0 amide bonds. The summed E-state index contributed by atoms with van der Waals surface area (Å²) in [6.45, 7) is 1.77. The first-order valence-corrected chi connectivity index (χ1v) is 7.25. The van der Waals surface area contributed by atoms with Crippen LogP contribution in [-0.4, -0.2) is 46.4 Å². The molecular weight excluding hydrogens is 288 g/mol. The Kier molecular flexibility index (Phi) is 7.73. The summed E-state index contributed by atoms with van der Waals surface area (Å²) in [6.07, 6.45) is -2.01. The molecule has 0 fully saturated rings. The van der Waals surface area contributed by atoms with Gasteiger partial charge in [-0.25, -0.2) is 0 Å². The van der Waals surface area contributed by atoms with Crippen molar-refractivity contribution in [3.8, 4) is 0 Å². The lowest BCUT2D eigenvalue weighted by Crippen LogP contribution is -2.19. The molecule has 0 heterocycles. The molecule has 2 unspecified atom stereocenters. The summed E-state index contributed by atoms with van der Waals surface area (Å²) in [6, 6.07) is 6.17. The number of aliphatic hydroxyl groups excluding tert-OH is 3. The minimum absolute atomic E-state index is 0.0340. The van der Waals surface area contributed by atoms with Crippen LogP contribution in [0.1, 0.15) is 48.2 Å². The second kappa shape index (κ2) is 9.30. The molecule has 22 heavy (non-hydrogen) atoms. The molecule has 1 rings (SSSR count). The fourth-order valence-electron chi connectivity index (χ4n) is 1.97. The average molecular weight is 310 g/mol. The number of esters is 1. The quantitative estimate of drug-likeness (QED) is 0.464. The molecule has 0 saturated heterocycles. The first-order chi connectivity index (χ1) is 10.5. The van der Waals surface area contributed by atoms with Crippen LogP contribution < -0.4 is 0 Å². The summed E-state index contributed by atoms with van der Waals surface area (Å²) in [5.41, 5.74) is 0.889. The van der Waals surface area contributed by atoms with E-state index in [9.17, 15) is 19.8 Å². The van der Waals surface area contributed by atoms with Gasteiger partial charge in [-0.1, -0.05) is 24.3 Å². The maximum absolute atomic E-state index is 11.9. The van der Waals surface area contributed by atoms with Gasteiger partial charge in [0.1, 0.15) is 6.10 Å². The molecule has 6 nitrogen and oxygen atoms in total. The van der Waals surface area contributed by atoms with Crippen molar-refractivity contribution in [2.45, 2.75) is 38.4 Å². The van der Waals surface area contributed by atoms with Crippen molar-refractivity contribution in [3.05, 3.63) is 35.4 Å². The summed E-state index contributed by atoms with van der Waals surface area (Å²) in [7, 11) is 0. The molecule has 3 N–H and O–H groups in total. The molecule has 2 atom stereocenters. The molecule has 0 spiro atoms. The van der Waals surface area contributed by atoms with Gasteiger partial charge in [0.25, 0.3) is 0 Å². The Morgan fingerprint density at radius 3 is 2.32 bits per heavy atom. The maximum atomic E-state index is 11.9. The average Bonchev–Trinajstić information content (AvgIpc) is 2.52. The van der Waals surface area contributed by atoms with Crippen molar-refractivity contribution in [1.82, 2.24) is 0 Å². The Morgan fingerprint density at radius 2 is 1.77 bits per heavy atom. The third-order valence-electron chi connectivity index (χ3n) is 3.23. The number of Topliss-reactive ketones (excluding diaryl/α,β-unsaturated/α-hetero) is 1. The highest BCUT2D eigenvalue weighted by Gasteiger charge is 2.18. The summed E-state index contributed by atoms with van der Waals surface area (Å²) < 4.78 is 4.76. The van der Waals surface area contributed by atoms with Crippen LogP contribution in [0.4, 0.5) is 0 Å². The van der Waals surface area contributed by atoms with Crippen molar-refractivity contribution in [2.24, 2.45) is 0 Å². The monoisotopic (exact) mass is 310 g/mol. The van der Waals surface area contributed by atoms with Gasteiger partial charge >= 0.3 is 5.97 Å². The minimum atomic E-state index is -1.11. The summed E-state index contributed by atoms with van der Waals surface area (Å²) in [4.78, 5) is 23.1. The lowest BCUT2D eigenvalue weighted by Gasteiger charge is -2.17. The number of hydrogen-bond donors (Lipinski definition) is 3. The number of ketones is 1. The molecule has 6 heteroatoms. The van der Waals surface area contributed by atoms with Crippen molar-refractivity contribution in [1.29, 1.82) is 0 Å². The normalized spacial score (nSPS) is 13.5. The summed E-state index contributed by atoms with van der Waals surface area (Å²) >= 11 is 0. The van der Waals surface area contributed by atoms with E-state index in [2.05, 4.69) is 0 Å². The number of hydrogen-bond acceptors (Lipinski definition) is 6. The van der Waals surface area contributed by atoms with Gasteiger partial charge < -0.3 is 20.1 Å². The third-order valence-corrected chi connectivity index (χ3v) is 3.23. The molecule has 0 aliphatic carbocycles. The van der Waals surface area contributed by atoms with Gasteiger partial charge in [0.05, 0.1) is 19.1 Å². The fraction of sp³-hybridized carbons (Fsp3) is 0.500. The van der Waals surface area contributed by atoms with Crippen LogP contribution in [0.5, 0.6) is 0 Å². The van der Waals surface area contributed by atoms with Gasteiger partial charge in [-0.3, -0.25) is 9.59 Å². The van der Waals surface area contributed by atoms with Crippen molar-refractivity contribution < 1.29 is 29.6 Å². The molecule has 0 bridgehead atoms. The molecule has 0 aromatic heterocycles. The Hall–Kier alpha value is -1.76. The molecule has 1 aromatic rings. The van der Waals surface area contributed by atoms with Crippen LogP contribution in [0, 0.1) is 0 Å². The SMILES string of the molecule is CCOC(=O)CCC(=O)c1ccc(C(O)C(O)CCO)cc1. The van der Waals surface area contributed by atoms with Gasteiger partial charge in [-0.2, -0.15) is 0 Å². The molecular formula is C16H22O6. The largest absolute Gasteiger partial charge is 0.466 e. The highest BCUT2D eigenvalue weighted by Crippen LogP contribution is 2.20. The van der Waals surface area contributed by atoms with E-state index in [-0.39, 0.29) is 38.3 Å². The first-order valence-electron chi connectivity index (χ1n) is 7.25. The predicted molar refractivity (Wildman–Crippen MR) is 79.3 cm³/mol. The second-order valence-electron chi connectivity index (χ2n) is 4.87. The Labute approximate surface area is 129 Å². The molecule has 0 saturated carbocycles. The molecule has 1 aromatic carbocycles. The van der Waals surface area contributed by atoms with Crippen LogP contribution >= 0.6 is 0 Å². The standard InChI is InChI=1S/C16H22O6/c1-2-22-15(20)8-7-13(18)11-3-5-12(6-4-11)16(21)14(19)9-10-17/h3-6,14,16-17,19,21H,2,7-10H2,1H3. The zero-order chi connectivity index (χ0) is 16.5. The van der Waals surface area contributed by atoms with E-state index < -0.39 is 18.2 Å². The number of rotatable bonds is 9. The van der Waals surface area contributed by atoms with Gasteiger partial charge in [0.2, 0.25) is 0 Å². The van der Waals surface area contributed by atoms with Crippen LogP contribution in [0.3, 0.4) is 0 Å². The number of carbonyl (C=O) groups is 2. The fourth-order valence-corrected chi connectivity index (χ4v) is 1.97. The highest BCUT2D eigenvalue weighted by atomic mass is 16.5. The second-order valence-corrected chi connectivity index (χ2v) is 4.87. The molecule has 0 aliphatic rings. The maximum Gasteiger partial charge on any atom is 0.306 e. The molecule has 0 radical (unpaired) electrons. The lowest BCUT2D eigenvalue weighted by molar-refractivity contribution is -0.143. The van der Waals surface area contributed by atoms with E-state index in [1.807, 2.05) is 0 Å². The topological polar surface area (TPSA) is 104 Å². The number of benzene rings is 1. The molecule has 122 valence electrons. The van der Waals surface area contributed by atoms with Gasteiger partial charge in [-0.15, -0.1) is 0 Å². The van der Waals surface area contributed by atoms with E-state index in [0.29, 0.717) is 11.1 Å².